The molecule has 0 spiro atoms. The SMILES string of the molecule is CC1=CC[C@@H](c2ccc3sc(CN)nc3c2)OC(=O)C[C@H](O)C(C)(C)C(=O)[C@H](C)[C@@H](O)[C@@H](C)CC=C1. The van der Waals surface area contributed by atoms with Crippen LogP contribution in [0.4, 0.5) is 0 Å². The Morgan fingerprint density at radius 3 is 2.61 bits per heavy atom. The first-order chi connectivity index (χ1) is 16.9. The number of hydrogen-bond acceptors (Lipinski definition) is 8. The molecule has 1 aromatic carbocycles. The highest BCUT2D eigenvalue weighted by Gasteiger charge is 2.42. The Balaban J connectivity index is 1.95. The number of Topliss-reactive ketones (excluding diaryl/α,β-unsaturated/α-hetero) is 1. The molecule has 36 heavy (non-hydrogen) atoms. The third kappa shape index (κ3) is 6.48. The zero-order valence-electron chi connectivity index (χ0n) is 21.7. The van der Waals surface area contributed by atoms with Crippen LogP contribution in [0.5, 0.6) is 0 Å². The van der Waals surface area contributed by atoms with Crippen LogP contribution in [0.25, 0.3) is 10.2 Å². The minimum absolute atomic E-state index is 0.144. The lowest BCUT2D eigenvalue weighted by atomic mass is 9.73. The number of thiazole rings is 1. The first-order valence-corrected chi connectivity index (χ1v) is 13.3. The Hall–Kier alpha value is -2.39. The largest absolute Gasteiger partial charge is 0.457 e. The van der Waals surface area contributed by atoms with Crippen LogP contribution in [0.1, 0.15) is 70.6 Å². The van der Waals surface area contributed by atoms with E-state index in [2.05, 4.69) is 4.98 Å². The topological polar surface area (TPSA) is 123 Å². The second-order valence-electron chi connectivity index (χ2n) is 10.4. The van der Waals surface area contributed by atoms with E-state index < -0.39 is 35.6 Å². The second kappa shape index (κ2) is 11.8. The normalized spacial score (nSPS) is 28.7. The van der Waals surface area contributed by atoms with Gasteiger partial charge < -0.3 is 20.7 Å². The van der Waals surface area contributed by atoms with Crippen LogP contribution in [0, 0.1) is 17.3 Å². The fourth-order valence-corrected chi connectivity index (χ4v) is 5.35. The fraction of sp³-hybridized carbons (Fsp3) is 0.536. The summed E-state index contributed by atoms with van der Waals surface area (Å²) < 4.78 is 6.86. The van der Waals surface area contributed by atoms with E-state index in [0.29, 0.717) is 19.4 Å². The number of allylic oxidation sites excluding steroid dienone is 3. The Kier molecular flexibility index (Phi) is 9.22. The summed E-state index contributed by atoms with van der Waals surface area (Å²) in [6, 6.07) is 5.79. The molecule has 1 aliphatic rings. The predicted octanol–water partition coefficient (Wildman–Crippen LogP) is 4.62. The van der Waals surface area contributed by atoms with E-state index in [9.17, 15) is 19.8 Å². The van der Waals surface area contributed by atoms with Gasteiger partial charge in [0, 0.05) is 18.9 Å². The van der Waals surface area contributed by atoms with Crippen LogP contribution in [0.3, 0.4) is 0 Å². The number of hydrogen-bond donors (Lipinski definition) is 3. The number of aromatic nitrogens is 1. The molecule has 5 atom stereocenters. The second-order valence-corrected chi connectivity index (χ2v) is 11.5. The number of ether oxygens (including phenoxy) is 1. The number of ketones is 1. The monoisotopic (exact) mass is 514 g/mol. The maximum Gasteiger partial charge on any atom is 0.309 e. The van der Waals surface area contributed by atoms with E-state index in [1.165, 1.54) is 11.3 Å². The molecule has 0 saturated carbocycles. The molecule has 0 saturated heterocycles. The van der Waals surface area contributed by atoms with Crippen LogP contribution < -0.4 is 5.73 Å². The van der Waals surface area contributed by atoms with Crippen LogP contribution in [-0.4, -0.2) is 39.2 Å². The molecule has 0 fully saturated rings. The molecule has 0 amide bonds. The average molecular weight is 515 g/mol. The number of rotatable bonds is 2. The van der Waals surface area contributed by atoms with Gasteiger partial charge in [0.25, 0.3) is 0 Å². The van der Waals surface area contributed by atoms with Gasteiger partial charge in [-0.2, -0.15) is 0 Å². The number of carbonyl (C=O) groups excluding carboxylic acids is 2. The molecule has 1 aliphatic heterocycles. The molecular weight excluding hydrogens is 476 g/mol. The molecule has 8 heteroatoms. The summed E-state index contributed by atoms with van der Waals surface area (Å²) in [6.45, 7) is 9.13. The Labute approximate surface area is 217 Å². The quantitative estimate of drug-likeness (QED) is 0.500. The van der Waals surface area contributed by atoms with Crippen LogP contribution in [0.2, 0.25) is 0 Å². The standard InChI is InChI=1S/C28H38N2O5S/c1-16-7-6-8-17(2)26(33)18(3)27(34)28(4,5)23(31)14-25(32)35-21(11-9-16)19-10-12-22-20(13-19)30-24(15-29)36-22/h6-7,9-10,12-13,17-18,21,23,26,31,33H,8,11,14-15,29H2,1-5H3/t17-,18+,21-,23-,26-/m0/s1. The van der Waals surface area contributed by atoms with Crippen molar-refractivity contribution in [3.63, 3.8) is 0 Å². The number of benzene rings is 1. The molecule has 0 unspecified atom stereocenters. The maximum absolute atomic E-state index is 13.2. The van der Waals surface area contributed by atoms with E-state index in [-0.39, 0.29) is 18.1 Å². The zero-order valence-corrected chi connectivity index (χ0v) is 22.5. The van der Waals surface area contributed by atoms with E-state index in [1.807, 2.05) is 50.3 Å². The molecule has 2 heterocycles. The van der Waals surface area contributed by atoms with Crippen molar-refractivity contribution in [2.75, 3.05) is 0 Å². The summed E-state index contributed by atoms with van der Waals surface area (Å²) in [5.74, 6) is -1.70. The lowest BCUT2D eigenvalue weighted by Gasteiger charge is -2.34. The van der Waals surface area contributed by atoms with Crippen molar-refractivity contribution in [2.45, 2.75) is 78.7 Å². The van der Waals surface area contributed by atoms with Gasteiger partial charge in [-0.3, -0.25) is 9.59 Å². The highest BCUT2D eigenvalue weighted by Crippen LogP contribution is 2.33. The Bertz CT molecular complexity index is 1150. The van der Waals surface area contributed by atoms with Crippen molar-refractivity contribution in [1.82, 2.24) is 4.98 Å². The van der Waals surface area contributed by atoms with Crippen molar-refractivity contribution in [3.8, 4) is 0 Å². The van der Waals surface area contributed by atoms with Gasteiger partial charge in [-0.1, -0.05) is 57.6 Å². The van der Waals surface area contributed by atoms with E-state index in [4.69, 9.17) is 10.5 Å². The average Bonchev–Trinajstić information content (AvgIpc) is 3.26. The predicted molar refractivity (Wildman–Crippen MR) is 142 cm³/mol. The van der Waals surface area contributed by atoms with Gasteiger partial charge in [-0.25, -0.2) is 4.98 Å². The lowest BCUT2D eigenvalue weighted by molar-refractivity contribution is -0.155. The number of cyclic esters (lactones) is 1. The van der Waals surface area contributed by atoms with Gasteiger partial charge >= 0.3 is 5.97 Å². The minimum atomic E-state index is -1.25. The maximum atomic E-state index is 13.2. The summed E-state index contributed by atoms with van der Waals surface area (Å²) in [7, 11) is 0. The van der Waals surface area contributed by atoms with Gasteiger partial charge in [0.2, 0.25) is 0 Å². The molecule has 3 rings (SSSR count). The Morgan fingerprint density at radius 2 is 1.92 bits per heavy atom. The number of nitrogens with two attached hydrogens (primary N) is 1. The zero-order chi connectivity index (χ0) is 26.6. The van der Waals surface area contributed by atoms with Crippen molar-refractivity contribution in [3.05, 3.63) is 52.6 Å². The third-order valence-corrected chi connectivity index (χ3v) is 8.21. The lowest BCUT2D eigenvalue weighted by Crippen LogP contribution is -2.45. The van der Waals surface area contributed by atoms with Crippen molar-refractivity contribution in [1.29, 1.82) is 0 Å². The molecule has 7 nitrogen and oxygen atoms in total. The van der Waals surface area contributed by atoms with Crippen LogP contribution in [-0.2, 0) is 20.9 Å². The Morgan fingerprint density at radius 1 is 1.19 bits per heavy atom. The minimum Gasteiger partial charge on any atom is -0.457 e. The third-order valence-electron chi connectivity index (χ3n) is 7.16. The summed E-state index contributed by atoms with van der Waals surface area (Å²) in [6.07, 6.45) is 4.00. The van der Waals surface area contributed by atoms with Crippen molar-refractivity contribution < 1.29 is 24.5 Å². The highest BCUT2D eigenvalue weighted by atomic mass is 32.1. The van der Waals surface area contributed by atoms with Crippen LogP contribution >= 0.6 is 11.3 Å². The highest BCUT2D eigenvalue weighted by molar-refractivity contribution is 7.18. The number of aliphatic hydroxyl groups is 2. The molecule has 1 aromatic heterocycles. The van der Waals surface area contributed by atoms with Gasteiger partial charge in [0.1, 0.15) is 16.9 Å². The molecule has 196 valence electrons. The van der Waals surface area contributed by atoms with Crippen molar-refractivity contribution in [2.24, 2.45) is 23.0 Å². The summed E-state index contributed by atoms with van der Waals surface area (Å²) in [5.41, 5.74) is 7.11. The number of fused-ring (bicyclic) bond motifs is 1. The summed E-state index contributed by atoms with van der Waals surface area (Å²) in [4.78, 5) is 30.7. The van der Waals surface area contributed by atoms with E-state index in [0.717, 1.165) is 26.4 Å². The van der Waals surface area contributed by atoms with Gasteiger partial charge in [-0.05, 0) is 37.0 Å². The number of carbonyl (C=O) groups is 2. The van der Waals surface area contributed by atoms with Gasteiger partial charge in [0.15, 0.2) is 0 Å². The molecular formula is C28H38N2O5S. The smallest absolute Gasteiger partial charge is 0.309 e. The van der Waals surface area contributed by atoms with Gasteiger partial charge in [0.05, 0.1) is 34.3 Å². The number of nitrogens with zero attached hydrogens (tertiary/aromatic N) is 1. The number of aliphatic hydroxyl groups excluding tert-OH is 2. The number of esters is 1. The molecule has 2 aromatic rings. The first kappa shape index (κ1) is 28.2. The van der Waals surface area contributed by atoms with E-state index >= 15 is 0 Å². The molecule has 0 bridgehead atoms. The summed E-state index contributed by atoms with van der Waals surface area (Å²) >= 11 is 1.53. The molecule has 0 radical (unpaired) electrons. The first-order valence-electron chi connectivity index (χ1n) is 12.5. The molecule has 4 N–H and O–H groups in total. The fourth-order valence-electron chi connectivity index (χ4n) is 4.52. The van der Waals surface area contributed by atoms with Gasteiger partial charge in [-0.15, -0.1) is 11.3 Å². The van der Waals surface area contributed by atoms with Crippen LogP contribution in [0.15, 0.2) is 42.0 Å². The van der Waals surface area contributed by atoms with Crippen molar-refractivity contribution >= 4 is 33.3 Å². The summed E-state index contributed by atoms with van der Waals surface area (Å²) in [5, 5.41) is 22.5. The molecule has 0 aliphatic carbocycles. The van der Waals surface area contributed by atoms with E-state index in [1.54, 1.807) is 20.8 Å².